The second kappa shape index (κ2) is 8.87. The number of carbonyl (C=O) groups is 2. The van der Waals surface area contributed by atoms with Gasteiger partial charge in [0.25, 0.3) is 11.6 Å². The highest BCUT2D eigenvalue weighted by Crippen LogP contribution is 2.37. The molecule has 8 heteroatoms. The number of esters is 1. The molecule has 1 heterocycles. The second-order valence-corrected chi connectivity index (χ2v) is 7.51. The topological polar surface area (TPSA) is 98.5 Å². The monoisotopic (exact) mass is 424 g/mol. The average molecular weight is 424 g/mol. The van der Waals surface area contributed by atoms with Gasteiger partial charge in [-0.1, -0.05) is 6.07 Å². The van der Waals surface area contributed by atoms with Crippen LogP contribution in [0.1, 0.15) is 38.8 Å². The number of carbonyl (C=O) groups excluding carboxylic acids is 2. The molecule has 1 aromatic heterocycles. The Morgan fingerprint density at radius 1 is 1.10 bits per heavy atom. The highest BCUT2D eigenvalue weighted by Gasteiger charge is 2.23. The van der Waals surface area contributed by atoms with E-state index >= 15 is 0 Å². The first kappa shape index (κ1) is 21.2. The minimum atomic E-state index is -0.567. The molecule has 3 rings (SSSR count). The normalized spacial score (nSPS) is 10.5. The van der Waals surface area contributed by atoms with E-state index in [0.29, 0.717) is 21.7 Å². The second-order valence-electron chi connectivity index (χ2n) is 6.63. The van der Waals surface area contributed by atoms with Gasteiger partial charge in [0.2, 0.25) is 0 Å². The van der Waals surface area contributed by atoms with Gasteiger partial charge >= 0.3 is 5.97 Å². The van der Waals surface area contributed by atoms with Gasteiger partial charge in [0.15, 0.2) is 0 Å². The van der Waals surface area contributed by atoms with Crippen LogP contribution in [-0.2, 0) is 4.74 Å². The molecular weight excluding hydrogens is 404 g/mol. The molecule has 0 bridgehead atoms. The van der Waals surface area contributed by atoms with Crippen molar-refractivity contribution < 1.29 is 19.2 Å². The third-order valence-electron chi connectivity index (χ3n) is 4.66. The Kier molecular flexibility index (Phi) is 6.27. The lowest BCUT2D eigenvalue weighted by molar-refractivity contribution is -0.384. The van der Waals surface area contributed by atoms with Crippen LogP contribution in [0, 0.1) is 24.0 Å². The van der Waals surface area contributed by atoms with Crippen molar-refractivity contribution >= 4 is 33.9 Å². The number of rotatable bonds is 6. The van der Waals surface area contributed by atoms with Crippen LogP contribution in [0.4, 0.5) is 10.7 Å². The average Bonchev–Trinajstić information content (AvgIpc) is 3.13. The van der Waals surface area contributed by atoms with Crippen LogP contribution >= 0.6 is 11.3 Å². The van der Waals surface area contributed by atoms with Crippen LogP contribution in [0.2, 0.25) is 0 Å². The largest absolute Gasteiger partial charge is 0.462 e. The van der Waals surface area contributed by atoms with Crippen LogP contribution in [0.15, 0.2) is 47.8 Å². The third-order valence-corrected chi connectivity index (χ3v) is 5.55. The molecule has 0 unspecified atom stereocenters. The van der Waals surface area contributed by atoms with E-state index in [4.69, 9.17) is 4.74 Å². The summed E-state index contributed by atoms with van der Waals surface area (Å²) in [4.78, 5) is 35.8. The van der Waals surface area contributed by atoms with Gasteiger partial charge in [-0.05, 0) is 61.7 Å². The number of hydrogen-bond acceptors (Lipinski definition) is 6. The van der Waals surface area contributed by atoms with Crippen molar-refractivity contribution in [3.05, 3.63) is 80.2 Å². The SMILES string of the molecule is CCOC(=O)c1c(-c2ccc([N+](=O)[O-])cc2)csc1NC(=O)c1ccc(C)c(C)c1. The summed E-state index contributed by atoms with van der Waals surface area (Å²) in [5, 5.41) is 15.8. The molecule has 0 fully saturated rings. The van der Waals surface area contributed by atoms with Gasteiger partial charge in [0, 0.05) is 28.6 Å². The van der Waals surface area contributed by atoms with Gasteiger partial charge in [0.1, 0.15) is 10.6 Å². The van der Waals surface area contributed by atoms with Gasteiger partial charge in [0.05, 0.1) is 11.5 Å². The van der Waals surface area contributed by atoms with E-state index in [-0.39, 0.29) is 23.8 Å². The Morgan fingerprint density at radius 3 is 2.40 bits per heavy atom. The maximum atomic E-state index is 12.7. The van der Waals surface area contributed by atoms with Crippen LogP contribution in [0.3, 0.4) is 0 Å². The fourth-order valence-electron chi connectivity index (χ4n) is 2.89. The van der Waals surface area contributed by atoms with E-state index in [1.807, 2.05) is 19.9 Å². The summed E-state index contributed by atoms with van der Waals surface area (Å²) in [6, 6.07) is 11.3. The molecule has 0 aliphatic carbocycles. The van der Waals surface area contributed by atoms with Gasteiger partial charge in [-0.3, -0.25) is 14.9 Å². The summed E-state index contributed by atoms with van der Waals surface area (Å²) in [5.74, 6) is -0.900. The number of thiophene rings is 1. The predicted molar refractivity (Wildman–Crippen MR) is 116 cm³/mol. The Labute approximate surface area is 177 Å². The Bertz CT molecular complexity index is 1120. The number of nitro benzene ring substituents is 1. The predicted octanol–water partition coefficient (Wildman–Crippen LogP) is 5.37. The van der Waals surface area contributed by atoms with Crippen molar-refractivity contribution in [3.63, 3.8) is 0 Å². The zero-order chi connectivity index (χ0) is 21.8. The van der Waals surface area contributed by atoms with Crippen LogP contribution in [-0.4, -0.2) is 23.4 Å². The number of ether oxygens (including phenoxy) is 1. The van der Waals surface area contributed by atoms with Crippen molar-refractivity contribution in [1.82, 2.24) is 0 Å². The van der Waals surface area contributed by atoms with Crippen molar-refractivity contribution in [2.75, 3.05) is 11.9 Å². The van der Waals surface area contributed by atoms with Crippen molar-refractivity contribution in [1.29, 1.82) is 0 Å². The molecule has 0 atom stereocenters. The Morgan fingerprint density at radius 2 is 1.80 bits per heavy atom. The number of non-ortho nitro benzene ring substituents is 1. The maximum absolute atomic E-state index is 12.7. The smallest absolute Gasteiger partial charge is 0.341 e. The highest BCUT2D eigenvalue weighted by molar-refractivity contribution is 7.15. The summed E-state index contributed by atoms with van der Waals surface area (Å²) >= 11 is 1.20. The fourth-order valence-corrected chi connectivity index (χ4v) is 3.84. The maximum Gasteiger partial charge on any atom is 0.341 e. The molecule has 3 aromatic rings. The summed E-state index contributed by atoms with van der Waals surface area (Å²) in [7, 11) is 0. The molecule has 1 N–H and O–H groups in total. The first-order valence-electron chi connectivity index (χ1n) is 9.23. The number of benzene rings is 2. The lowest BCUT2D eigenvalue weighted by Gasteiger charge is -2.10. The molecule has 30 heavy (non-hydrogen) atoms. The minimum Gasteiger partial charge on any atom is -0.462 e. The number of nitrogens with one attached hydrogen (secondary N) is 1. The number of aryl methyl sites for hydroxylation is 2. The van der Waals surface area contributed by atoms with Crippen molar-refractivity contribution in [3.8, 4) is 11.1 Å². The van der Waals surface area contributed by atoms with E-state index in [0.717, 1.165) is 11.1 Å². The van der Waals surface area contributed by atoms with E-state index in [1.165, 1.54) is 23.5 Å². The summed E-state index contributed by atoms with van der Waals surface area (Å²) < 4.78 is 5.18. The van der Waals surface area contributed by atoms with Crippen LogP contribution < -0.4 is 5.32 Å². The fraction of sp³-hybridized carbons (Fsp3) is 0.182. The lowest BCUT2D eigenvalue weighted by atomic mass is 10.0. The Hall–Kier alpha value is -3.52. The molecular formula is C22H20N2O5S. The quantitative estimate of drug-likeness (QED) is 0.326. The van der Waals surface area contributed by atoms with Gasteiger partial charge in [-0.2, -0.15) is 0 Å². The first-order chi connectivity index (χ1) is 14.3. The molecule has 0 aliphatic rings. The van der Waals surface area contributed by atoms with Gasteiger partial charge < -0.3 is 10.1 Å². The lowest BCUT2D eigenvalue weighted by Crippen LogP contribution is -2.15. The number of nitrogens with zero attached hydrogens (tertiary/aromatic N) is 1. The summed E-state index contributed by atoms with van der Waals surface area (Å²) in [6.07, 6.45) is 0. The summed E-state index contributed by atoms with van der Waals surface area (Å²) in [6.45, 7) is 5.77. The van der Waals surface area contributed by atoms with E-state index in [2.05, 4.69) is 5.32 Å². The standard InChI is InChI=1S/C22H20N2O5S/c1-4-29-22(26)19-18(15-7-9-17(10-8-15)24(27)28)12-30-21(19)23-20(25)16-6-5-13(2)14(3)11-16/h5-12H,4H2,1-3H3,(H,23,25). The van der Waals surface area contributed by atoms with Gasteiger partial charge in [-0.25, -0.2) is 4.79 Å². The molecule has 0 saturated heterocycles. The zero-order valence-electron chi connectivity index (χ0n) is 16.7. The molecule has 0 spiro atoms. The number of amides is 1. The molecule has 0 aliphatic heterocycles. The van der Waals surface area contributed by atoms with Crippen molar-refractivity contribution in [2.24, 2.45) is 0 Å². The summed E-state index contributed by atoms with van der Waals surface area (Å²) in [5.41, 5.74) is 3.90. The van der Waals surface area contributed by atoms with Crippen molar-refractivity contribution in [2.45, 2.75) is 20.8 Å². The minimum absolute atomic E-state index is 0.0464. The van der Waals surface area contributed by atoms with E-state index < -0.39 is 10.9 Å². The Balaban J connectivity index is 1.98. The molecule has 2 aromatic carbocycles. The molecule has 154 valence electrons. The molecule has 0 saturated carbocycles. The van der Waals surface area contributed by atoms with E-state index in [1.54, 1.807) is 36.6 Å². The number of hydrogen-bond donors (Lipinski definition) is 1. The van der Waals surface area contributed by atoms with Gasteiger partial charge in [-0.15, -0.1) is 11.3 Å². The van der Waals surface area contributed by atoms with E-state index in [9.17, 15) is 19.7 Å². The molecule has 7 nitrogen and oxygen atoms in total. The third kappa shape index (κ3) is 4.38. The first-order valence-corrected chi connectivity index (χ1v) is 10.1. The van der Waals surface area contributed by atoms with Crippen LogP contribution in [0.5, 0.6) is 0 Å². The zero-order valence-corrected chi connectivity index (χ0v) is 17.5. The highest BCUT2D eigenvalue weighted by atomic mass is 32.1. The molecule has 1 amide bonds. The molecule has 0 radical (unpaired) electrons. The number of nitro groups is 1. The number of anilines is 1. The van der Waals surface area contributed by atoms with Crippen LogP contribution in [0.25, 0.3) is 11.1 Å².